The number of urea groups is 1. The molecule has 2 atom stereocenters. The first-order valence-corrected chi connectivity index (χ1v) is 11.6. The van der Waals surface area contributed by atoms with E-state index in [4.69, 9.17) is 14.2 Å². The van der Waals surface area contributed by atoms with Crippen molar-refractivity contribution in [3.8, 4) is 17.2 Å². The fourth-order valence-electron chi connectivity index (χ4n) is 4.87. The number of fused-ring (bicyclic) bond motifs is 2. The van der Waals surface area contributed by atoms with Crippen molar-refractivity contribution in [2.24, 2.45) is 0 Å². The molecule has 1 saturated heterocycles. The van der Waals surface area contributed by atoms with Gasteiger partial charge in [-0.3, -0.25) is 19.4 Å². The van der Waals surface area contributed by atoms with Crippen LogP contribution >= 0.6 is 0 Å². The molecule has 1 N–H and O–H groups in total. The molecule has 0 spiro atoms. The Kier molecular flexibility index (Phi) is 5.06. The Hall–Kier alpha value is -4.53. The normalized spacial score (nSPS) is 22.2. The minimum atomic E-state index is -1.35. The standard InChI is InChI=1S/C27H23N3O6/c1-27(18-11-12-22-23(13-18)36-16-35-22)25(32)29(26(33)28-27)14-24(31)30-19-9-5-6-10-21(19)34-15-20(30)17-7-3-2-4-8-17/h2-13,20H,14-16H2,1H3,(H,28,33)/t20-,27+/m1/s1. The van der Waals surface area contributed by atoms with Crippen LogP contribution in [0.4, 0.5) is 10.5 Å². The van der Waals surface area contributed by atoms with Gasteiger partial charge in [0.1, 0.15) is 24.4 Å². The molecule has 0 saturated carbocycles. The number of anilines is 1. The number of rotatable bonds is 4. The molecule has 3 aliphatic heterocycles. The summed E-state index contributed by atoms with van der Waals surface area (Å²) in [6.07, 6.45) is 0. The zero-order valence-electron chi connectivity index (χ0n) is 19.5. The summed E-state index contributed by atoms with van der Waals surface area (Å²) in [5.74, 6) is 0.737. The predicted octanol–water partition coefficient (Wildman–Crippen LogP) is 3.35. The van der Waals surface area contributed by atoms with E-state index in [1.54, 1.807) is 42.2 Å². The number of imide groups is 1. The molecule has 0 aliphatic carbocycles. The molecule has 9 nitrogen and oxygen atoms in total. The van der Waals surface area contributed by atoms with Crippen LogP contribution in [0.1, 0.15) is 24.1 Å². The molecule has 36 heavy (non-hydrogen) atoms. The number of nitrogens with one attached hydrogen (secondary N) is 1. The van der Waals surface area contributed by atoms with Crippen molar-refractivity contribution < 1.29 is 28.6 Å². The highest BCUT2D eigenvalue weighted by atomic mass is 16.7. The second-order valence-corrected chi connectivity index (χ2v) is 8.98. The second kappa shape index (κ2) is 8.30. The van der Waals surface area contributed by atoms with Crippen molar-refractivity contribution in [2.45, 2.75) is 18.5 Å². The molecule has 4 amide bonds. The molecular weight excluding hydrogens is 462 g/mol. The Labute approximate surface area is 207 Å². The Morgan fingerprint density at radius 3 is 2.53 bits per heavy atom. The van der Waals surface area contributed by atoms with Crippen molar-refractivity contribution in [1.82, 2.24) is 10.2 Å². The zero-order valence-corrected chi connectivity index (χ0v) is 19.5. The molecule has 3 heterocycles. The van der Waals surface area contributed by atoms with Crippen LogP contribution in [0.3, 0.4) is 0 Å². The van der Waals surface area contributed by atoms with Crippen LogP contribution < -0.4 is 24.4 Å². The zero-order chi connectivity index (χ0) is 24.9. The topological polar surface area (TPSA) is 97.4 Å². The molecule has 3 aromatic carbocycles. The third-order valence-corrected chi connectivity index (χ3v) is 6.80. The number of carbonyl (C=O) groups is 3. The van der Waals surface area contributed by atoms with Gasteiger partial charge in [-0.1, -0.05) is 48.5 Å². The van der Waals surface area contributed by atoms with Crippen LogP contribution in [-0.2, 0) is 15.1 Å². The quantitative estimate of drug-likeness (QED) is 0.570. The van der Waals surface area contributed by atoms with Crippen molar-refractivity contribution in [3.63, 3.8) is 0 Å². The van der Waals surface area contributed by atoms with E-state index in [0.29, 0.717) is 28.5 Å². The van der Waals surface area contributed by atoms with E-state index in [1.807, 2.05) is 42.5 Å². The lowest BCUT2D eigenvalue weighted by Crippen LogP contribution is -2.48. The Morgan fingerprint density at radius 2 is 1.69 bits per heavy atom. The number of para-hydroxylation sites is 2. The highest BCUT2D eigenvalue weighted by Crippen LogP contribution is 2.40. The summed E-state index contributed by atoms with van der Waals surface area (Å²) in [4.78, 5) is 42.8. The minimum absolute atomic E-state index is 0.0973. The van der Waals surface area contributed by atoms with Crippen LogP contribution in [0, 0.1) is 0 Å². The van der Waals surface area contributed by atoms with E-state index >= 15 is 0 Å². The van der Waals surface area contributed by atoms with Crippen LogP contribution in [0.15, 0.2) is 72.8 Å². The van der Waals surface area contributed by atoms with Crippen LogP contribution in [0.2, 0.25) is 0 Å². The van der Waals surface area contributed by atoms with E-state index in [0.717, 1.165) is 10.5 Å². The van der Waals surface area contributed by atoms with Gasteiger partial charge >= 0.3 is 6.03 Å². The first-order valence-electron chi connectivity index (χ1n) is 11.6. The SMILES string of the molecule is C[C@@]1(c2ccc3c(c2)OCO3)NC(=O)N(CC(=O)N2c3ccccc3OC[C@@H]2c2ccccc2)C1=O. The largest absolute Gasteiger partial charge is 0.489 e. The third-order valence-electron chi connectivity index (χ3n) is 6.80. The van der Waals surface area contributed by atoms with Gasteiger partial charge in [-0.05, 0) is 42.3 Å². The van der Waals surface area contributed by atoms with E-state index in [2.05, 4.69) is 5.32 Å². The lowest BCUT2D eigenvalue weighted by atomic mass is 9.91. The number of nitrogens with zero attached hydrogens (tertiary/aromatic N) is 2. The van der Waals surface area contributed by atoms with E-state index < -0.39 is 36.0 Å². The summed E-state index contributed by atoms with van der Waals surface area (Å²) in [7, 11) is 0. The molecule has 0 unspecified atom stereocenters. The Morgan fingerprint density at radius 1 is 0.944 bits per heavy atom. The highest BCUT2D eigenvalue weighted by Gasteiger charge is 2.50. The maximum Gasteiger partial charge on any atom is 0.325 e. The molecule has 9 heteroatoms. The van der Waals surface area contributed by atoms with Gasteiger partial charge in [-0.2, -0.15) is 0 Å². The predicted molar refractivity (Wildman–Crippen MR) is 129 cm³/mol. The third kappa shape index (κ3) is 3.43. The number of amides is 4. The van der Waals surface area contributed by atoms with Gasteiger partial charge in [0, 0.05) is 0 Å². The summed E-state index contributed by atoms with van der Waals surface area (Å²) in [6.45, 7) is 1.55. The van der Waals surface area contributed by atoms with E-state index in [-0.39, 0.29) is 13.4 Å². The molecule has 3 aromatic rings. The maximum atomic E-state index is 13.8. The van der Waals surface area contributed by atoms with Gasteiger partial charge in [-0.25, -0.2) is 4.79 Å². The number of carbonyl (C=O) groups excluding carboxylic acids is 3. The number of hydrogen-bond donors (Lipinski definition) is 1. The lowest BCUT2D eigenvalue weighted by Gasteiger charge is -2.37. The van der Waals surface area contributed by atoms with Gasteiger partial charge in [0.25, 0.3) is 5.91 Å². The molecule has 182 valence electrons. The monoisotopic (exact) mass is 485 g/mol. The Balaban J connectivity index is 1.30. The minimum Gasteiger partial charge on any atom is -0.489 e. The summed E-state index contributed by atoms with van der Waals surface area (Å²) >= 11 is 0. The van der Waals surface area contributed by atoms with Gasteiger partial charge in [-0.15, -0.1) is 0 Å². The number of hydrogen-bond acceptors (Lipinski definition) is 6. The van der Waals surface area contributed by atoms with Gasteiger partial charge < -0.3 is 19.5 Å². The van der Waals surface area contributed by atoms with Crippen molar-refractivity contribution in [3.05, 3.63) is 83.9 Å². The molecular formula is C27H23N3O6. The summed E-state index contributed by atoms with van der Waals surface area (Å²) < 4.78 is 16.7. The average Bonchev–Trinajstić information content (AvgIpc) is 3.46. The number of ether oxygens (including phenoxy) is 3. The molecule has 3 aliphatic rings. The highest BCUT2D eigenvalue weighted by molar-refractivity contribution is 6.11. The molecule has 0 bridgehead atoms. The molecule has 1 fully saturated rings. The summed E-state index contributed by atoms with van der Waals surface area (Å²) in [6, 6.07) is 20.8. The number of benzene rings is 3. The average molecular weight is 485 g/mol. The fourth-order valence-corrected chi connectivity index (χ4v) is 4.87. The molecule has 0 radical (unpaired) electrons. The van der Waals surface area contributed by atoms with Crippen LogP contribution in [0.25, 0.3) is 0 Å². The van der Waals surface area contributed by atoms with E-state index in [9.17, 15) is 14.4 Å². The fraction of sp³-hybridized carbons (Fsp3) is 0.222. The van der Waals surface area contributed by atoms with Crippen molar-refractivity contribution in [2.75, 3.05) is 24.8 Å². The van der Waals surface area contributed by atoms with Gasteiger partial charge in [0.05, 0.1) is 11.7 Å². The first kappa shape index (κ1) is 22.0. The lowest BCUT2D eigenvalue weighted by molar-refractivity contribution is -0.134. The smallest absolute Gasteiger partial charge is 0.325 e. The summed E-state index contributed by atoms with van der Waals surface area (Å²) in [5.41, 5.74) is 0.676. The molecule has 0 aromatic heterocycles. The first-order chi connectivity index (χ1) is 17.5. The summed E-state index contributed by atoms with van der Waals surface area (Å²) in [5, 5.41) is 2.75. The Bertz CT molecular complexity index is 1380. The van der Waals surface area contributed by atoms with Crippen LogP contribution in [0.5, 0.6) is 17.2 Å². The maximum absolute atomic E-state index is 13.8. The molecule has 6 rings (SSSR count). The van der Waals surface area contributed by atoms with Crippen molar-refractivity contribution in [1.29, 1.82) is 0 Å². The van der Waals surface area contributed by atoms with Gasteiger partial charge in [0.2, 0.25) is 12.7 Å². The van der Waals surface area contributed by atoms with Crippen molar-refractivity contribution >= 4 is 23.5 Å². The van der Waals surface area contributed by atoms with E-state index in [1.165, 1.54) is 0 Å². The van der Waals surface area contributed by atoms with Gasteiger partial charge in [0.15, 0.2) is 11.5 Å². The van der Waals surface area contributed by atoms with Crippen LogP contribution in [-0.4, -0.2) is 42.7 Å². The second-order valence-electron chi connectivity index (χ2n) is 8.98.